The van der Waals surface area contributed by atoms with Crippen molar-refractivity contribution in [2.75, 3.05) is 19.6 Å². The Morgan fingerprint density at radius 2 is 2.11 bits per heavy atom. The molecule has 0 N–H and O–H groups in total. The quantitative estimate of drug-likeness (QED) is 0.818. The highest BCUT2D eigenvalue weighted by Crippen LogP contribution is 2.14. The van der Waals surface area contributed by atoms with E-state index in [9.17, 15) is 9.18 Å². The molecule has 0 bridgehead atoms. The molecule has 2 rings (SSSR count). The summed E-state index contributed by atoms with van der Waals surface area (Å²) in [7, 11) is 0. The van der Waals surface area contributed by atoms with Crippen LogP contribution in [0.4, 0.5) is 4.39 Å². The molecule has 4 heteroatoms. The summed E-state index contributed by atoms with van der Waals surface area (Å²) in [5.74, 6) is 0. The number of rotatable bonds is 4. The van der Waals surface area contributed by atoms with Gasteiger partial charge in [-0.1, -0.05) is 0 Å². The molecule has 18 heavy (non-hydrogen) atoms. The summed E-state index contributed by atoms with van der Waals surface area (Å²) < 4.78 is 14.5. The number of halogens is 1. The van der Waals surface area contributed by atoms with Crippen molar-refractivity contribution < 1.29 is 4.39 Å². The van der Waals surface area contributed by atoms with Crippen LogP contribution in [-0.2, 0) is 6.42 Å². The molecule has 3 nitrogen and oxygen atoms in total. The minimum absolute atomic E-state index is 0.0547. The van der Waals surface area contributed by atoms with E-state index in [1.165, 1.54) is 5.56 Å². The fourth-order valence-corrected chi connectivity index (χ4v) is 2.32. The van der Waals surface area contributed by atoms with Crippen LogP contribution in [0, 0.1) is 6.92 Å². The van der Waals surface area contributed by atoms with Crippen LogP contribution in [0.2, 0.25) is 0 Å². The van der Waals surface area contributed by atoms with Gasteiger partial charge in [0.2, 0.25) is 0 Å². The Bertz CT molecular complexity index is 475. The van der Waals surface area contributed by atoms with Crippen LogP contribution in [0.15, 0.2) is 17.1 Å². The first kappa shape index (κ1) is 13.3. The Balaban J connectivity index is 2.07. The standard InChI is InChI=1S/C14H21FN2O/c1-10(2)17-7-12(11(3)6-14(17)18)4-5-16-8-13(15)9-16/h6-7,10,13H,4-5,8-9H2,1-3H3. The summed E-state index contributed by atoms with van der Waals surface area (Å²) in [4.78, 5) is 13.9. The number of aryl methyl sites for hydroxylation is 1. The van der Waals surface area contributed by atoms with Crippen LogP contribution in [-0.4, -0.2) is 35.3 Å². The molecule has 1 saturated heterocycles. The minimum atomic E-state index is -0.643. The largest absolute Gasteiger partial charge is 0.313 e. The summed E-state index contributed by atoms with van der Waals surface area (Å²) in [6.45, 7) is 7.96. The maximum absolute atomic E-state index is 12.7. The zero-order chi connectivity index (χ0) is 13.3. The number of alkyl halides is 1. The Morgan fingerprint density at radius 3 is 2.67 bits per heavy atom. The van der Waals surface area contributed by atoms with Crippen LogP contribution >= 0.6 is 0 Å². The van der Waals surface area contributed by atoms with Gasteiger partial charge >= 0.3 is 0 Å². The second-order valence-corrected chi connectivity index (χ2v) is 5.43. The molecule has 0 aromatic carbocycles. The maximum Gasteiger partial charge on any atom is 0.251 e. The molecule has 0 unspecified atom stereocenters. The van der Waals surface area contributed by atoms with Gasteiger partial charge in [-0.15, -0.1) is 0 Å². The van der Waals surface area contributed by atoms with Crippen molar-refractivity contribution in [3.05, 3.63) is 33.7 Å². The highest BCUT2D eigenvalue weighted by molar-refractivity contribution is 5.23. The fourth-order valence-electron chi connectivity index (χ4n) is 2.32. The van der Waals surface area contributed by atoms with Crippen molar-refractivity contribution in [1.82, 2.24) is 9.47 Å². The van der Waals surface area contributed by atoms with Crippen molar-refractivity contribution in [2.45, 2.75) is 39.4 Å². The molecule has 0 atom stereocenters. The third kappa shape index (κ3) is 2.80. The summed E-state index contributed by atoms with van der Waals surface area (Å²) >= 11 is 0. The number of likely N-dealkylation sites (tertiary alicyclic amines) is 1. The summed E-state index contributed by atoms with van der Waals surface area (Å²) in [5, 5.41) is 0. The van der Waals surface area contributed by atoms with E-state index in [2.05, 4.69) is 4.90 Å². The van der Waals surface area contributed by atoms with E-state index in [0.717, 1.165) is 18.5 Å². The summed E-state index contributed by atoms with van der Waals surface area (Å²) in [6.07, 6.45) is 2.19. The molecule has 0 spiro atoms. The third-order valence-corrected chi connectivity index (χ3v) is 3.56. The SMILES string of the molecule is Cc1cc(=O)n(C(C)C)cc1CCN1CC(F)C1. The van der Waals surface area contributed by atoms with Gasteiger partial charge in [0.05, 0.1) is 0 Å². The van der Waals surface area contributed by atoms with Crippen molar-refractivity contribution in [3.63, 3.8) is 0 Å². The number of hydrogen-bond acceptors (Lipinski definition) is 2. The predicted molar refractivity (Wildman–Crippen MR) is 70.9 cm³/mol. The van der Waals surface area contributed by atoms with Crippen molar-refractivity contribution in [2.24, 2.45) is 0 Å². The number of aromatic nitrogens is 1. The van der Waals surface area contributed by atoms with Gasteiger partial charge in [0, 0.05) is 37.9 Å². The zero-order valence-corrected chi connectivity index (χ0v) is 11.3. The first-order chi connectivity index (χ1) is 8.47. The Hall–Kier alpha value is -1.16. The first-order valence-corrected chi connectivity index (χ1v) is 6.55. The van der Waals surface area contributed by atoms with Gasteiger partial charge in [-0.25, -0.2) is 4.39 Å². The lowest BCUT2D eigenvalue weighted by molar-refractivity contribution is 0.0669. The second-order valence-electron chi connectivity index (χ2n) is 5.43. The summed E-state index contributed by atoms with van der Waals surface area (Å²) in [5.41, 5.74) is 2.28. The fraction of sp³-hybridized carbons (Fsp3) is 0.643. The smallest absolute Gasteiger partial charge is 0.251 e. The highest BCUT2D eigenvalue weighted by atomic mass is 19.1. The molecule has 2 heterocycles. The van der Waals surface area contributed by atoms with Crippen LogP contribution < -0.4 is 5.56 Å². The Morgan fingerprint density at radius 1 is 1.44 bits per heavy atom. The molecule has 0 saturated carbocycles. The van der Waals surface area contributed by atoms with Gasteiger partial charge in [-0.3, -0.25) is 9.69 Å². The van der Waals surface area contributed by atoms with E-state index >= 15 is 0 Å². The van der Waals surface area contributed by atoms with E-state index in [-0.39, 0.29) is 11.6 Å². The molecular weight excluding hydrogens is 231 g/mol. The molecule has 100 valence electrons. The van der Waals surface area contributed by atoms with Gasteiger partial charge in [0.15, 0.2) is 0 Å². The third-order valence-electron chi connectivity index (χ3n) is 3.56. The number of hydrogen-bond donors (Lipinski definition) is 0. The van der Waals surface area contributed by atoms with Crippen molar-refractivity contribution >= 4 is 0 Å². The van der Waals surface area contributed by atoms with Crippen molar-refractivity contribution in [3.8, 4) is 0 Å². The molecule has 0 amide bonds. The van der Waals surface area contributed by atoms with Crippen LogP contribution in [0.25, 0.3) is 0 Å². The average Bonchev–Trinajstić information content (AvgIpc) is 2.24. The van der Waals surface area contributed by atoms with E-state index in [1.807, 2.05) is 27.0 Å². The van der Waals surface area contributed by atoms with E-state index in [1.54, 1.807) is 10.6 Å². The lowest BCUT2D eigenvalue weighted by Gasteiger charge is -2.34. The first-order valence-electron chi connectivity index (χ1n) is 6.55. The van der Waals surface area contributed by atoms with Crippen molar-refractivity contribution in [1.29, 1.82) is 0 Å². The topological polar surface area (TPSA) is 25.2 Å². The van der Waals surface area contributed by atoms with E-state index in [4.69, 9.17) is 0 Å². The number of pyridine rings is 1. The van der Waals surface area contributed by atoms with Crippen LogP contribution in [0.1, 0.15) is 31.0 Å². The van der Waals surface area contributed by atoms with Crippen LogP contribution in [0.5, 0.6) is 0 Å². The minimum Gasteiger partial charge on any atom is -0.313 e. The summed E-state index contributed by atoms with van der Waals surface area (Å²) in [6, 6.07) is 1.87. The molecular formula is C14H21FN2O. The maximum atomic E-state index is 12.7. The predicted octanol–water partition coefficient (Wildman–Crippen LogP) is 1.93. The Labute approximate surface area is 107 Å². The van der Waals surface area contributed by atoms with E-state index < -0.39 is 6.17 Å². The molecule has 1 aromatic rings. The molecule has 1 aliphatic rings. The molecule has 0 aliphatic carbocycles. The normalized spacial score (nSPS) is 17.2. The monoisotopic (exact) mass is 252 g/mol. The molecule has 0 radical (unpaired) electrons. The van der Waals surface area contributed by atoms with Gasteiger partial charge in [0.1, 0.15) is 6.17 Å². The molecule has 1 aromatic heterocycles. The lowest BCUT2D eigenvalue weighted by atomic mass is 10.1. The highest BCUT2D eigenvalue weighted by Gasteiger charge is 2.25. The molecule has 1 fully saturated rings. The van der Waals surface area contributed by atoms with Gasteiger partial charge in [-0.05, 0) is 38.3 Å². The molecule has 1 aliphatic heterocycles. The lowest BCUT2D eigenvalue weighted by Crippen LogP contribution is -2.49. The van der Waals surface area contributed by atoms with Gasteiger partial charge in [-0.2, -0.15) is 0 Å². The van der Waals surface area contributed by atoms with E-state index in [0.29, 0.717) is 13.1 Å². The van der Waals surface area contributed by atoms with Crippen LogP contribution in [0.3, 0.4) is 0 Å². The number of nitrogens with zero attached hydrogens (tertiary/aromatic N) is 2. The van der Waals surface area contributed by atoms with Gasteiger partial charge in [0.25, 0.3) is 5.56 Å². The average molecular weight is 252 g/mol. The second kappa shape index (κ2) is 5.22. The van der Waals surface area contributed by atoms with Gasteiger partial charge < -0.3 is 4.57 Å². The Kier molecular flexibility index (Phi) is 3.85. The zero-order valence-electron chi connectivity index (χ0n) is 11.3.